The standard InChI is InChI=1S/C10H11ClN4OS/c1-16-8-4-7(13-5-14-8)9(15-12)10-6(11)2-3-17-10/h2-5,9,15H,12H2,1H3. The van der Waals surface area contributed by atoms with E-state index < -0.39 is 0 Å². The van der Waals surface area contributed by atoms with Crippen molar-refractivity contribution in [2.24, 2.45) is 5.84 Å². The van der Waals surface area contributed by atoms with Crippen LogP contribution in [0.4, 0.5) is 0 Å². The Labute approximate surface area is 108 Å². The van der Waals surface area contributed by atoms with Crippen LogP contribution in [-0.2, 0) is 0 Å². The van der Waals surface area contributed by atoms with Gasteiger partial charge in [0.25, 0.3) is 0 Å². The number of halogens is 1. The summed E-state index contributed by atoms with van der Waals surface area (Å²) in [7, 11) is 1.55. The van der Waals surface area contributed by atoms with Crippen molar-refractivity contribution < 1.29 is 4.74 Å². The van der Waals surface area contributed by atoms with Crippen LogP contribution in [0.5, 0.6) is 5.88 Å². The molecule has 2 aromatic rings. The fraction of sp³-hybridized carbons (Fsp3) is 0.200. The Balaban J connectivity index is 2.38. The van der Waals surface area contributed by atoms with Crippen LogP contribution in [0, 0.1) is 0 Å². The van der Waals surface area contributed by atoms with E-state index in [4.69, 9.17) is 22.2 Å². The first-order valence-electron chi connectivity index (χ1n) is 4.81. The van der Waals surface area contributed by atoms with Gasteiger partial charge in [-0.2, -0.15) is 0 Å². The molecule has 1 unspecified atom stereocenters. The van der Waals surface area contributed by atoms with Gasteiger partial charge in [-0.15, -0.1) is 11.3 Å². The molecule has 0 aromatic carbocycles. The molecule has 17 heavy (non-hydrogen) atoms. The Hall–Kier alpha value is -1.21. The minimum Gasteiger partial charge on any atom is -0.481 e. The van der Waals surface area contributed by atoms with E-state index in [1.165, 1.54) is 17.7 Å². The number of nitrogens with zero attached hydrogens (tertiary/aromatic N) is 2. The fourth-order valence-electron chi connectivity index (χ4n) is 1.43. The number of nitrogens with one attached hydrogen (secondary N) is 1. The molecule has 0 fully saturated rings. The number of hydrogen-bond acceptors (Lipinski definition) is 6. The third kappa shape index (κ3) is 2.55. The number of rotatable bonds is 4. The molecular weight excluding hydrogens is 260 g/mol. The van der Waals surface area contributed by atoms with Crippen LogP contribution >= 0.6 is 22.9 Å². The highest BCUT2D eigenvalue weighted by molar-refractivity contribution is 7.10. The van der Waals surface area contributed by atoms with Gasteiger partial charge >= 0.3 is 0 Å². The monoisotopic (exact) mass is 270 g/mol. The summed E-state index contributed by atoms with van der Waals surface area (Å²) < 4.78 is 5.05. The molecular formula is C10H11ClN4OS. The van der Waals surface area contributed by atoms with E-state index in [2.05, 4.69) is 15.4 Å². The molecule has 2 heterocycles. The normalized spacial score (nSPS) is 12.4. The van der Waals surface area contributed by atoms with Crippen LogP contribution in [0.1, 0.15) is 16.6 Å². The lowest BCUT2D eigenvalue weighted by atomic mass is 10.2. The van der Waals surface area contributed by atoms with Crippen molar-refractivity contribution in [1.82, 2.24) is 15.4 Å². The van der Waals surface area contributed by atoms with Crippen LogP contribution in [0.2, 0.25) is 5.02 Å². The predicted octanol–water partition coefficient (Wildman–Crippen LogP) is 1.75. The zero-order chi connectivity index (χ0) is 12.3. The molecule has 3 N–H and O–H groups in total. The molecule has 2 aromatic heterocycles. The summed E-state index contributed by atoms with van der Waals surface area (Å²) in [5, 5.41) is 2.57. The zero-order valence-corrected chi connectivity index (χ0v) is 10.6. The lowest BCUT2D eigenvalue weighted by molar-refractivity contribution is 0.395. The largest absolute Gasteiger partial charge is 0.481 e. The van der Waals surface area contributed by atoms with Gasteiger partial charge in [0.2, 0.25) is 5.88 Å². The molecule has 0 spiro atoms. The lowest BCUT2D eigenvalue weighted by Gasteiger charge is -2.14. The molecule has 0 aliphatic carbocycles. The van der Waals surface area contributed by atoms with E-state index in [0.29, 0.717) is 16.6 Å². The highest BCUT2D eigenvalue weighted by atomic mass is 35.5. The fourth-order valence-corrected chi connectivity index (χ4v) is 2.67. The number of thiophene rings is 1. The zero-order valence-electron chi connectivity index (χ0n) is 9.05. The second-order valence-corrected chi connectivity index (χ2v) is 4.57. The number of aromatic nitrogens is 2. The first kappa shape index (κ1) is 12.3. The Kier molecular flexibility index (Phi) is 3.90. The third-order valence-electron chi connectivity index (χ3n) is 2.24. The number of hydrazine groups is 1. The summed E-state index contributed by atoms with van der Waals surface area (Å²) >= 11 is 7.59. The molecule has 0 saturated carbocycles. The van der Waals surface area contributed by atoms with Gasteiger partial charge in [0.1, 0.15) is 6.33 Å². The topological polar surface area (TPSA) is 73.1 Å². The maximum absolute atomic E-state index is 6.08. The summed E-state index contributed by atoms with van der Waals surface area (Å²) in [6.45, 7) is 0. The lowest BCUT2D eigenvalue weighted by Crippen LogP contribution is -2.29. The van der Waals surface area contributed by atoms with E-state index in [1.807, 2.05) is 11.4 Å². The van der Waals surface area contributed by atoms with Crippen molar-refractivity contribution in [3.05, 3.63) is 39.4 Å². The molecule has 7 heteroatoms. The second kappa shape index (κ2) is 5.42. The van der Waals surface area contributed by atoms with Crippen LogP contribution in [0.15, 0.2) is 23.8 Å². The van der Waals surface area contributed by atoms with Crippen LogP contribution in [-0.4, -0.2) is 17.1 Å². The second-order valence-electron chi connectivity index (χ2n) is 3.22. The number of methoxy groups -OCH3 is 1. The maximum Gasteiger partial charge on any atom is 0.216 e. The minimum absolute atomic E-state index is 0.264. The van der Waals surface area contributed by atoms with Gasteiger partial charge in [0, 0.05) is 10.9 Å². The van der Waals surface area contributed by atoms with Crippen LogP contribution in [0.3, 0.4) is 0 Å². The predicted molar refractivity (Wildman–Crippen MR) is 67.1 cm³/mol. The van der Waals surface area contributed by atoms with E-state index in [0.717, 1.165) is 4.88 Å². The Morgan fingerprint density at radius 3 is 2.94 bits per heavy atom. The van der Waals surface area contributed by atoms with Crippen molar-refractivity contribution in [2.75, 3.05) is 7.11 Å². The molecule has 0 aliphatic rings. The number of nitrogens with two attached hydrogens (primary N) is 1. The maximum atomic E-state index is 6.08. The first-order valence-corrected chi connectivity index (χ1v) is 6.07. The highest BCUT2D eigenvalue weighted by Crippen LogP contribution is 2.32. The molecule has 0 radical (unpaired) electrons. The van der Waals surface area contributed by atoms with Crippen molar-refractivity contribution in [1.29, 1.82) is 0 Å². The Morgan fingerprint density at radius 2 is 2.35 bits per heavy atom. The SMILES string of the molecule is COc1cc(C(NN)c2sccc2Cl)ncn1. The average molecular weight is 271 g/mol. The average Bonchev–Trinajstić information content (AvgIpc) is 2.77. The van der Waals surface area contributed by atoms with Crippen molar-refractivity contribution in [3.63, 3.8) is 0 Å². The molecule has 0 bridgehead atoms. The van der Waals surface area contributed by atoms with Gasteiger partial charge < -0.3 is 4.74 Å². The van der Waals surface area contributed by atoms with Crippen molar-refractivity contribution >= 4 is 22.9 Å². The summed E-state index contributed by atoms with van der Waals surface area (Å²) in [5.74, 6) is 6.04. The minimum atomic E-state index is -0.264. The Morgan fingerprint density at radius 1 is 1.53 bits per heavy atom. The van der Waals surface area contributed by atoms with E-state index in [9.17, 15) is 0 Å². The van der Waals surface area contributed by atoms with Gasteiger partial charge in [-0.25, -0.2) is 15.4 Å². The molecule has 0 saturated heterocycles. The van der Waals surface area contributed by atoms with E-state index in [1.54, 1.807) is 13.2 Å². The summed E-state index contributed by atoms with van der Waals surface area (Å²) in [6.07, 6.45) is 1.43. The summed E-state index contributed by atoms with van der Waals surface area (Å²) in [6, 6.07) is 3.28. The van der Waals surface area contributed by atoms with Crippen LogP contribution in [0.25, 0.3) is 0 Å². The van der Waals surface area contributed by atoms with Gasteiger partial charge in [-0.05, 0) is 11.4 Å². The van der Waals surface area contributed by atoms with E-state index in [-0.39, 0.29) is 6.04 Å². The van der Waals surface area contributed by atoms with Gasteiger partial charge in [0.15, 0.2) is 0 Å². The molecule has 0 aliphatic heterocycles. The molecule has 0 amide bonds. The molecule has 1 atom stereocenters. The number of hydrogen-bond donors (Lipinski definition) is 2. The van der Waals surface area contributed by atoms with Gasteiger partial charge in [0.05, 0.1) is 23.9 Å². The van der Waals surface area contributed by atoms with Crippen molar-refractivity contribution in [3.8, 4) is 5.88 Å². The quantitative estimate of drug-likeness (QED) is 0.654. The van der Waals surface area contributed by atoms with Gasteiger partial charge in [-0.3, -0.25) is 5.84 Å². The summed E-state index contributed by atoms with van der Waals surface area (Å²) in [5.41, 5.74) is 3.40. The molecule has 90 valence electrons. The van der Waals surface area contributed by atoms with Crippen molar-refractivity contribution in [2.45, 2.75) is 6.04 Å². The molecule has 2 rings (SSSR count). The van der Waals surface area contributed by atoms with Gasteiger partial charge in [-0.1, -0.05) is 11.6 Å². The number of ether oxygens (including phenoxy) is 1. The Bertz CT molecular complexity index is 505. The highest BCUT2D eigenvalue weighted by Gasteiger charge is 2.19. The van der Waals surface area contributed by atoms with E-state index >= 15 is 0 Å². The van der Waals surface area contributed by atoms with Crippen LogP contribution < -0.4 is 16.0 Å². The summed E-state index contributed by atoms with van der Waals surface area (Å²) in [4.78, 5) is 9.03. The smallest absolute Gasteiger partial charge is 0.216 e. The molecule has 5 nitrogen and oxygen atoms in total. The first-order chi connectivity index (χ1) is 8.26. The third-order valence-corrected chi connectivity index (χ3v) is 3.67.